The molecule has 3 aromatic rings. The Labute approximate surface area is 211 Å². The lowest BCUT2D eigenvalue weighted by atomic mass is 10.1. The van der Waals surface area contributed by atoms with Crippen LogP contribution in [-0.2, 0) is 0 Å². The van der Waals surface area contributed by atoms with Crippen molar-refractivity contribution in [3.63, 3.8) is 0 Å². The van der Waals surface area contributed by atoms with Crippen LogP contribution in [0.5, 0.6) is 0 Å². The summed E-state index contributed by atoms with van der Waals surface area (Å²) in [6, 6.07) is 20.7. The molecule has 9 heteroatoms. The number of benzene rings is 3. The Balaban J connectivity index is 0.00000432. The molecule has 0 bridgehead atoms. The van der Waals surface area contributed by atoms with Crippen LogP contribution in [0, 0.1) is 0 Å². The molecule has 0 fully saturated rings. The van der Waals surface area contributed by atoms with Crippen LogP contribution in [0.4, 0.5) is 11.4 Å². The summed E-state index contributed by atoms with van der Waals surface area (Å²) in [5.74, 6) is 0.355. The minimum Gasteiger partial charge on any atom is -0.384 e. The molecule has 182 valence electrons. The van der Waals surface area contributed by atoms with E-state index in [4.69, 9.17) is 11.5 Å². The Kier molecular flexibility index (Phi) is 9.98. The highest BCUT2D eigenvalue weighted by Crippen LogP contribution is 2.14. The highest BCUT2D eigenvalue weighted by molar-refractivity contribution is 6.07. The third-order valence-electron chi connectivity index (χ3n) is 4.94. The second kappa shape index (κ2) is 12.9. The summed E-state index contributed by atoms with van der Waals surface area (Å²) in [6.45, 7) is 5.03. The molecule has 0 aromatic heterocycles. The van der Waals surface area contributed by atoms with Crippen molar-refractivity contribution in [1.29, 1.82) is 0 Å². The number of carbonyl (C=O) groups is 2. The molecule has 0 aliphatic rings. The number of carbonyl (C=O) groups excluding carboxylic acids is 2. The number of nitrogens with two attached hydrogens (primary N) is 2. The van der Waals surface area contributed by atoms with E-state index in [9.17, 15) is 9.59 Å². The molecular weight excluding hydrogens is 464 g/mol. The quantitative estimate of drug-likeness (QED) is 0.278. The number of hydrogen-bond acceptors (Lipinski definition) is 4. The van der Waals surface area contributed by atoms with Gasteiger partial charge in [0.25, 0.3) is 11.8 Å². The van der Waals surface area contributed by atoms with Crippen molar-refractivity contribution in [1.82, 2.24) is 0 Å². The van der Waals surface area contributed by atoms with Crippen LogP contribution in [0.3, 0.4) is 0 Å². The number of anilines is 2. The Morgan fingerprint density at radius 1 is 0.600 bits per heavy atom. The van der Waals surface area contributed by atoms with Gasteiger partial charge in [0.2, 0.25) is 0 Å². The average Bonchev–Trinajstić information content (AvgIpc) is 2.85. The van der Waals surface area contributed by atoms with Crippen LogP contribution in [0.25, 0.3) is 0 Å². The maximum atomic E-state index is 12.6. The third-order valence-corrected chi connectivity index (χ3v) is 4.94. The predicted octanol–water partition coefficient (Wildman–Crippen LogP) is 4.06. The molecule has 0 heterocycles. The lowest BCUT2D eigenvalue weighted by molar-refractivity contribution is 0.101. The number of rotatable bonds is 8. The number of amidine groups is 2. The summed E-state index contributed by atoms with van der Waals surface area (Å²) in [5.41, 5.74) is 15.5. The van der Waals surface area contributed by atoms with Crippen LogP contribution in [0.1, 0.15) is 45.7 Å². The summed E-state index contributed by atoms with van der Waals surface area (Å²) >= 11 is 0. The molecule has 3 aromatic carbocycles. The summed E-state index contributed by atoms with van der Waals surface area (Å²) < 4.78 is 0. The van der Waals surface area contributed by atoms with Gasteiger partial charge in [-0.25, -0.2) is 0 Å². The number of aliphatic imine (C=N–C) groups is 2. The minimum atomic E-state index is -0.281. The van der Waals surface area contributed by atoms with E-state index >= 15 is 0 Å². The van der Waals surface area contributed by atoms with Crippen LogP contribution in [0.2, 0.25) is 0 Å². The molecule has 6 N–H and O–H groups in total. The zero-order valence-electron chi connectivity index (χ0n) is 19.6. The molecule has 0 unspecified atom stereocenters. The van der Waals surface area contributed by atoms with E-state index in [0.29, 0.717) is 47.3 Å². The van der Waals surface area contributed by atoms with Crippen molar-refractivity contribution >= 4 is 47.3 Å². The minimum absolute atomic E-state index is 0. The van der Waals surface area contributed by atoms with Gasteiger partial charge in [-0.15, -0.1) is 12.4 Å². The second-order valence-electron chi connectivity index (χ2n) is 7.36. The Hall–Kier alpha value is -4.17. The molecule has 0 saturated heterocycles. The maximum Gasteiger partial charge on any atom is 0.255 e. The van der Waals surface area contributed by atoms with Gasteiger partial charge in [0.1, 0.15) is 11.7 Å². The first-order valence-corrected chi connectivity index (χ1v) is 10.9. The number of hydrogen-bond donors (Lipinski definition) is 4. The normalized spacial score (nSPS) is 11.4. The van der Waals surface area contributed by atoms with Gasteiger partial charge in [-0.1, -0.05) is 0 Å². The first-order chi connectivity index (χ1) is 16.4. The lowest BCUT2D eigenvalue weighted by Gasteiger charge is -2.09. The fraction of sp³-hybridized carbons (Fsp3) is 0.154. The highest BCUT2D eigenvalue weighted by atomic mass is 35.5. The van der Waals surface area contributed by atoms with E-state index in [0.717, 1.165) is 11.1 Å². The summed E-state index contributed by atoms with van der Waals surface area (Å²) in [6.07, 6.45) is 0. The molecule has 0 saturated carbocycles. The smallest absolute Gasteiger partial charge is 0.255 e. The Morgan fingerprint density at radius 3 is 1.17 bits per heavy atom. The zero-order chi connectivity index (χ0) is 24.5. The molecule has 35 heavy (non-hydrogen) atoms. The molecule has 0 radical (unpaired) electrons. The van der Waals surface area contributed by atoms with Crippen LogP contribution < -0.4 is 22.1 Å². The second-order valence-corrected chi connectivity index (χ2v) is 7.36. The van der Waals surface area contributed by atoms with Crippen LogP contribution >= 0.6 is 12.4 Å². The highest BCUT2D eigenvalue weighted by Gasteiger charge is 2.10. The van der Waals surface area contributed by atoms with Gasteiger partial charge in [0.15, 0.2) is 0 Å². The largest absolute Gasteiger partial charge is 0.384 e. The standard InChI is InChI=1S/C26H28N6O2.ClH/c1-3-29-23(27)17-9-13-21(14-10-17)31-25(33)19-5-7-20(8-6-19)26(34)32-22-15-11-18(12-16-22)24(28)30-4-2;/h5-16H,3-4H2,1-2H3,(H2,27,29)(H2,28,30)(H,31,33)(H,32,34);1H. The molecule has 8 nitrogen and oxygen atoms in total. The fourth-order valence-electron chi connectivity index (χ4n) is 3.15. The monoisotopic (exact) mass is 492 g/mol. The van der Waals surface area contributed by atoms with Crippen molar-refractivity contribution in [2.75, 3.05) is 23.7 Å². The van der Waals surface area contributed by atoms with E-state index in [1.54, 1.807) is 72.8 Å². The van der Waals surface area contributed by atoms with Gasteiger partial charge in [0.05, 0.1) is 0 Å². The van der Waals surface area contributed by atoms with Gasteiger partial charge in [-0.3, -0.25) is 19.6 Å². The SMILES string of the molecule is CCN=C(N)c1ccc(NC(=O)c2ccc(C(=O)Nc3ccc(C(N)=NCC)cc3)cc2)cc1.Cl. The molecule has 2 amide bonds. The summed E-state index contributed by atoms with van der Waals surface area (Å²) in [5, 5.41) is 5.66. The topological polar surface area (TPSA) is 135 Å². The molecule has 0 aliphatic carbocycles. The number of nitrogens with zero attached hydrogens (tertiary/aromatic N) is 2. The summed E-state index contributed by atoms with van der Waals surface area (Å²) in [7, 11) is 0. The van der Waals surface area contributed by atoms with E-state index in [1.807, 2.05) is 13.8 Å². The lowest BCUT2D eigenvalue weighted by Crippen LogP contribution is -2.16. The summed E-state index contributed by atoms with van der Waals surface area (Å²) in [4.78, 5) is 33.4. The van der Waals surface area contributed by atoms with Crippen molar-refractivity contribution in [2.45, 2.75) is 13.8 Å². The van der Waals surface area contributed by atoms with Crippen molar-refractivity contribution < 1.29 is 9.59 Å². The zero-order valence-corrected chi connectivity index (χ0v) is 20.4. The van der Waals surface area contributed by atoms with Crippen LogP contribution in [0.15, 0.2) is 82.8 Å². The van der Waals surface area contributed by atoms with Gasteiger partial charge in [-0.2, -0.15) is 0 Å². The third kappa shape index (κ3) is 7.41. The molecule has 0 atom stereocenters. The van der Waals surface area contributed by atoms with E-state index < -0.39 is 0 Å². The maximum absolute atomic E-state index is 12.6. The predicted molar refractivity (Wildman–Crippen MR) is 145 cm³/mol. The first kappa shape index (κ1) is 27.1. The van der Waals surface area contributed by atoms with Gasteiger partial charge in [0, 0.05) is 46.7 Å². The van der Waals surface area contributed by atoms with Gasteiger partial charge in [-0.05, 0) is 86.6 Å². The fourth-order valence-corrected chi connectivity index (χ4v) is 3.15. The molecule has 3 rings (SSSR count). The van der Waals surface area contributed by atoms with Crippen molar-refractivity contribution in [3.05, 3.63) is 95.1 Å². The number of nitrogens with one attached hydrogen (secondary N) is 2. The van der Waals surface area contributed by atoms with Gasteiger partial charge < -0.3 is 22.1 Å². The molecule has 0 aliphatic heterocycles. The van der Waals surface area contributed by atoms with Gasteiger partial charge >= 0.3 is 0 Å². The average molecular weight is 493 g/mol. The first-order valence-electron chi connectivity index (χ1n) is 10.9. The molecular formula is C26H29ClN6O2. The van der Waals surface area contributed by atoms with Crippen LogP contribution in [-0.4, -0.2) is 36.6 Å². The molecule has 0 spiro atoms. The van der Waals surface area contributed by atoms with E-state index in [1.165, 1.54) is 0 Å². The number of halogens is 1. The van der Waals surface area contributed by atoms with Crippen molar-refractivity contribution in [3.8, 4) is 0 Å². The van der Waals surface area contributed by atoms with Crippen molar-refractivity contribution in [2.24, 2.45) is 21.5 Å². The number of amides is 2. The van der Waals surface area contributed by atoms with E-state index in [-0.39, 0.29) is 24.2 Å². The Bertz CT molecular complexity index is 1110. The Morgan fingerprint density at radius 2 is 0.886 bits per heavy atom. The van der Waals surface area contributed by atoms with E-state index in [2.05, 4.69) is 20.6 Å².